The van der Waals surface area contributed by atoms with E-state index in [1.54, 1.807) is 40.5 Å². The van der Waals surface area contributed by atoms with Gasteiger partial charge in [0.15, 0.2) is 11.5 Å². The Balaban J connectivity index is 0.000000254. The maximum absolute atomic E-state index is 14.6. The lowest BCUT2D eigenvalue weighted by molar-refractivity contribution is -0.286. The normalized spacial score (nSPS) is 23.8. The molecule has 12 atom stereocenters. The minimum absolute atomic E-state index is 0.00335. The number of ether oxygens (including phenoxy) is 6. The smallest absolute Gasteiger partial charge is 0.469 e. The van der Waals surface area contributed by atoms with Crippen molar-refractivity contribution in [3.8, 4) is 58.9 Å². The van der Waals surface area contributed by atoms with Crippen LogP contribution in [0.3, 0.4) is 0 Å². The summed E-state index contributed by atoms with van der Waals surface area (Å²) < 4.78 is 124. The largest absolute Gasteiger partial charge is 0.586 e. The van der Waals surface area contributed by atoms with Gasteiger partial charge in [0.25, 0.3) is 0 Å². The summed E-state index contributed by atoms with van der Waals surface area (Å²) in [6.07, 6.45) is 2.74. The summed E-state index contributed by atoms with van der Waals surface area (Å²) in [5, 5.41) is 5.29. The quantitative estimate of drug-likeness (QED) is 0.0409. The first-order valence-corrected chi connectivity index (χ1v) is 37.7. The van der Waals surface area contributed by atoms with Crippen LogP contribution in [0.1, 0.15) is 203 Å². The van der Waals surface area contributed by atoms with E-state index in [2.05, 4.69) is 107 Å². The number of esters is 2. The molecule has 2 aromatic carbocycles. The standard InChI is InChI=1S/C43H50F2N6O8.C42H52N6O6/c1-23(2)31(18-35(52)56-7)40(53)50-21-25(5)15-33(50)32-17-27(19-46-32)9-10-28-11-12-29(38-37(28)58-43(44,45)59-38)13-14-30-20-47-39(48-30)34-16-26(6)22-51(34)41(54)36(24(3)4)49-42(55)57-8;1-25(2)33(20-37(49)53-7)40(50)47-23-27(5)17-35(47)34-19-31(21-43-34)14-13-29-9-11-30(12-10-29)15-16-32-22-44-39(45-32)36-18-28(6)24-48(36)41(51)38(26(3)4)46-42(52)54-8/h11-12,19-20,23-26,31,33-34,36H,15-18,21-22H2,1-8H3,(H,47,48)(H,49,55);9-12,21-22,25-28,33,35-36,38H,17-20,23-24H2,1-8H3,(H,44,45)(H,46,52)/t25-,26-,31-,33-,34-,36-;27-,28-,33+,35-,36-,38-/m00/s1/i;1D3,2D3,25D,33D. The molecule has 11 rings (SSSR count). The van der Waals surface area contributed by atoms with Gasteiger partial charge in [0, 0.05) is 96.1 Å². The van der Waals surface area contributed by atoms with Crippen LogP contribution in [-0.2, 0) is 47.7 Å². The molecule has 4 N–H and O–H groups in total. The number of benzene rings is 2. The Bertz CT molecular complexity index is 5020. The van der Waals surface area contributed by atoms with Crippen molar-refractivity contribution >= 4 is 59.2 Å². The van der Waals surface area contributed by atoms with Crippen LogP contribution >= 0.6 is 0 Å². The predicted molar refractivity (Wildman–Crippen MR) is 416 cm³/mol. The average molecular weight is 1560 g/mol. The zero-order chi connectivity index (χ0) is 88.7. The fourth-order valence-corrected chi connectivity index (χ4v) is 14.8. The first kappa shape index (κ1) is 73.2. The average Bonchev–Trinajstić information content (AvgIpc) is 1.44. The third kappa shape index (κ3) is 20.7. The van der Waals surface area contributed by atoms with E-state index >= 15 is 0 Å². The van der Waals surface area contributed by atoms with Crippen LogP contribution in [0.25, 0.3) is 0 Å². The molecule has 4 saturated heterocycles. The summed E-state index contributed by atoms with van der Waals surface area (Å²) in [5.41, 5.74) is 5.16. The molecule has 0 radical (unpaired) electrons. The number of nitrogens with zero attached hydrogens (tertiary/aromatic N) is 8. The minimum atomic E-state index is -3.94. The van der Waals surface area contributed by atoms with Crippen molar-refractivity contribution in [3.05, 3.63) is 118 Å². The number of imidazole rings is 2. The second-order valence-corrected chi connectivity index (χ2v) is 30.6. The SMILES string of the molecule is COC(=O)C[C@H](C(=O)N1C[C@@H](C)C[C@H]1C1=NC=C(C#Cc2ccc(C#Cc3cnc([C@@H]4C[C@H](C)CN4C(=O)[C@@H](NC(=O)OC)C(C)C)[nH]3)c3c2OC(F)(F)O3)C1)C(C)C.[2H]C([2H])([2H])C([2H])(C([2H])([2H])[2H])[C@@]([2H])(CC(=O)OC)C(=O)N1C[C@@H](C)C[C@H]1C1=NC=C(C#Cc2ccc(C#Cc3cnc([C@@H]4C[C@H](C)CN4C(=O)[C@@H](NC(=O)OC)C(C)C)[nH]3)cc2)C1. The molecule has 26 nitrogen and oxygen atoms in total. The Hall–Kier alpha value is -11.3. The molecule has 6 amide bonds. The highest BCUT2D eigenvalue weighted by atomic mass is 19.3. The molecule has 7 aliphatic rings. The highest BCUT2D eigenvalue weighted by Crippen LogP contribution is 2.46. The van der Waals surface area contributed by atoms with Crippen molar-refractivity contribution < 1.29 is 86.5 Å². The zero-order valence-electron chi connectivity index (χ0n) is 73.9. The van der Waals surface area contributed by atoms with E-state index in [9.17, 15) is 47.1 Å². The molecule has 0 unspecified atom stereocenters. The number of hydrogen-bond acceptors (Lipinski definition) is 18. The first-order chi connectivity index (χ1) is 56.9. The van der Waals surface area contributed by atoms with Crippen LogP contribution in [-0.4, -0.2) is 184 Å². The number of rotatable bonds is 18. The Morgan fingerprint density at radius 2 is 0.920 bits per heavy atom. The first-order valence-electron chi connectivity index (χ1n) is 41.7. The summed E-state index contributed by atoms with van der Waals surface area (Å²) in [5.74, 6) is 13.8. The fraction of sp³-hybridized carbons (Fsp3) is 0.529. The van der Waals surface area contributed by atoms with Crippen molar-refractivity contribution in [3.63, 3.8) is 0 Å². The monoisotopic (exact) mass is 1560 g/mol. The van der Waals surface area contributed by atoms with Crippen LogP contribution in [0.5, 0.6) is 11.5 Å². The van der Waals surface area contributed by atoms with E-state index in [1.807, 2.05) is 72.4 Å². The molecule has 600 valence electrons. The number of alkyl halides is 2. The van der Waals surface area contributed by atoms with Gasteiger partial charge in [-0.3, -0.25) is 38.8 Å². The van der Waals surface area contributed by atoms with Crippen LogP contribution in [0.2, 0.25) is 0 Å². The van der Waals surface area contributed by atoms with Gasteiger partial charge >= 0.3 is 30.4 Å². The fourth-order valence-electron chi connectivity index (χ4n) is 14.8. The van der Waals surface area contributed by atoms with E-state index < -0.39 is 98.3 Å². The van der Waals surface area contributed by atoms with Crippen LogP contribution < -0.4 is 20.1 Å². The Kier molecular flexibility index (Phi) is 23.9. The molecular weight excluding hydrogens is 1450 g/mol. The lowest BCUT2D eigenvalue weighted by Crippen LogP contribution is -2.51. The third-order valence-electron chi connectivity index (χ3n) is 20.7. The van der Waals surface area contributed by atoms with Gasteiger partial charge in [-0.05, 0) is 121 Å². The van der Waals surface area contributed by atoms with E-state index in [4.69, 9.17) is 34.7 Å². The number of allylic oxidation sites excluding steroid dienone is 2. The summed E-state index contributed by atoms with van der Waals surface area (Å²) in [6, 6.07) is 7.01. The Morgan fingerprint density at radius 1 is 0.531 bits per heavy atom. The van der Waals surface area contributed by atoms with Gasteiger partial charge in [-0.1, -0.05) is 118 Å². The highest BCUT2D eigenvalue weighted by Gasteiger charge is 2.48. The van der Waals surface area contributed by atoms with Gasteiger partial charge in [0.1, 0.15) is 35.1 Å². The number of halogens is 2. The number of amides is 6. The topological polar surface area (TPSA) is 311 Å². The number of carbonyl (C=O) groups excluding carboxylic acids is 8. The van der Waals surface area contributed by atoms with Crippen molar-refractivity contribution in [2.45, 2.75) is 177 Å². The van der Waals surface area contributed by atoms with Gasteiger partial charge in [-0.15, -0.1) is 8.78 Å². The Labute approximate surface area is 670 Å². The predicted octanol–water partition coefficient (Wildman–Crippen LogP) is 10.8. The van der Waals surface area contributed by atoms with E-state index in [1.165, 1.54) is 44.6 Å². The Morgan fingerprint density at radius 3 is 1.34 bits per heavy atom. The maximum Gasteiger partial charge on any atom is 0.586 e. The number of aliphatic imine (C=N–C) groups is 2. The molecule has 0 aliphatic carbocycles. The van der Waals surface area contributed by atoms with Gasteiger partial charge in [-0.25, -0.2) is 19.6 Å². The molecule has 2 aromatic heterocycles. The number of fused-ring (bicyclic) bond motifs is 1. The second-order valence-electron chi connectivity index (χ2n) is 30.6. The molecule has 7 aliphatic heterocycles. The molecule has 0 spiro atoms. The molecule has 0 saturated carbocycles. The summed E-state index contributed by atoms with van der Waals surface area (Å²) in [6.45, 7) is 13.4. The van der Waals surface area contributed by atoms with Gasteiger partial charge in [-0.2, -0.15) is 0 Å². The molecule has 113 heavy (non-hydrogen) atoms. The zero-order valence-corrected chi connectivity index (χ0v) is 65.9. The van der Waals surface area contributed by atoms with Crippen molar-refractivity contribution in [2.24, 2.45) is 69.1 Å². The number of H-pyrrole nitrogens is 2. The van der Waals surface area contributed by atoms with Crippen LogP contribution in [0.4, 0.5) is 18.4 Å². The summed E-state index contributed by atoms with van der Waals surface area (Å²) >= 11 is 0. The number of aromatic nitrogens is 4. The van der Waals surface area contributed by atoms with Gasteiger partial charge in [0.2, 0.25) is 23.6 Å². The van der Waals surface area contributed by atoms with E-state index in [0.717, 1.165) is 12.8 Å². The number of carbonyl (C=O) groups is 8. The summed E-state index contributed by atoms with van der Waals surface area (Å²) in [4.78, 5) is 135. The molecule has 4 fully saturated rings. The highest BCUT2D eigenvalue weighted by molar-refractivity contribution is 5.99. The minimum Gasteiger partial charge on any atom is -0.469 e. The van der Waals surface area contributed by atoms with E-state index in [-0.39, 0.29) is 113 Å². The van der Waals surface area contributed by atoms with Crippen molar-refractivity contribution in [2.75, 3.05) is 54.6 Å². The number of aromatic amines is 2. The number of likely N-dealkylation sites (tertiary alicyclic amines) is 4. The number of nitrogens with one attached hydrogen (secondary N) is 4. The van der Waals surface area contributed by atoms with Crippen molar-refractivity contribution in [1.82, 2.24) is 50.2 Å². The lowest BCUT2D eigenvalue weighted by Gasteiger charge is -2.30. The van der Waals surface area contributed by atoms with Gasteiger partial charge in [0.05, 0.1) is 101 Å². The van der Waals surface area contributed by atoms with Gasteiger partial charge < -0.3 is 68.6 Å². The molecule has 9 heterocycles. The van der Waals surface area contributed by atoms with Crippen LogP contribution in [0, 0.1) is 106 Å². The molecule has 28 heteroatoms. The van der Waals surface area contributed by atoms with Crippen LogP contribution in [0.15, 0.2) is 82.3 Å². The maximum atomic E-state index is 14.6. The van der Waals surface area contributed by atoms with E-state index in [0.29, 0.717) is 103 Å². The molecule has 0 bridgehead atoms. The number of hydrogen-bond donors (Lipinski definition) is 4. The summed E-state index contributed by atoms with van der Waals surface area (Å²) in [7, 11) is 4.76. The lowest BCUT2D eigenvalue weighted by atomic mass is 9.90. The van der Waals surface area contributed by atoms with Crippen molar-refractivity contribution in [1.29, 1.82) is 0 Å². The molecular formula is C85H102F2N12O14. The third-order valence-corrected chi connectivity index (χ3v) is 20.7. The number of methoxy groups -OCH3 is 4. The second kappa shape index (κ2) is 36.9. The molecule has 4 aromatic rings. The number of alkyl carbamates (subject to hydrolysis) is 2.